The lowest BCUT2D eigenvalue weighted by Crippen LogP contribution is -2.35. The zero-order valence-electron chi connectivity index (χ0n) is 5.17. The Morgan fingerprint density at radius 1 is 1.75 bits per heavy atom. The second-order valence-electron chi connectivity index (χ2n) is 2.27. The topological polar surface area (TPSA) is 23.5 Å². The lowest BCUT2D eigenvalue weighted by molar-refractivity contribution is 0.00863. The van der Waals surface area contributed by atoms with Gasteiger partial charge in [-0.2, -0.15) is 0 Å². The summed E-state index contributed by atoms with van der Waals surface area (Å²) in [6.45, 7) is 1.00. The molecule has 2 heteroatoms. The third-order valence-electron chi connectivity index (χ3n) is 1.57. The molecule has 1 fully saturated rings. The van der Waals surface area contributed by atoms with Gasteiger partial charge in [-0.15, -0.1) is 0 Å². The Bertz CT molecular complexity index is 64.9. The van der Waals surface area contributed by atoms with Crippen LogP contribution in [0.15, 0.2) is 0 Å². The predicted octanol–water partition coefficient (Wildman–Crippen LogP) is 0.235. The summed E-state index contributed by atoms with van der Waals surface area (Å²) in [6.07, 6.45) is 3.86. The van der Waals surface area contributed by atoms with Gasteiger partial charge in [0, 0.05) is 6.54 Å². The largest absolute Gasteiger partial charge is 0.378 e. The highest BCUT2D eigenvalue weighted by molar-refractivity contribution is 4.77. The lowest BCUT2D eigenvalue weighted by atomic mass is 10.1. The van der Waals surface area contributed by atoms with Crippen molar-refractivity contribution in [1.82, 2.24) is 4.90 Å². The maximum absolute atomic E-state index is 9.07. The fourth-order valence-electron chi connectivity index (χ4n) is 0.891. The molecule has 1 rings (SSSR count). The molecular formula is C6H12NO. The van der Waals surface area contributed by atoms with Gasteiger partial charge < -0.3 is 5.11 Å². The first kappa shape index (κ1) is 6.05. The minimum absolute atomic E-state index is 0.219. The smallest absolute Gasteiger partial charge is 0.107 e. The summed E-state index contributed by atoms with van der Waals surface area (Å²) in [7, 11) is 1.94. The average Bonchev–Trinajstić information content (AvgIpc) is 1.77. The van der Waals surface area contributed by atoms with E-state index in [1.54, 1.807) is 0 Å². The quantitative estimate of drug-likeness (QED) is 0.487. The number of aliphatic hydroxyl groups is 1. The molecule has 1 heterocycles. The van der Waals surface area contributed by atoms with Crippen molar-refractivity contribution in [2.24, 2.45) is 0 Å². The van der Waals surface area contributed by atoms with Crippen LogP contribution in [0.1, 0.15) is 12.8 Å². The zero-order chi connectivity index (χ0) is 5.98. The number of rotatable bonds is 0. The van der Waals surface area contributed by atoms with Crippen LogP contribution in [0.25, 0.3) is 0 Å². The van der Waals surface area contributed by atoms with E-state index >= 15 is 0 Å². The van der Waals surface area contributed by atoms with Crippen LogP contribution in [0.2, 0.25) is 0 Å². The molecule has 1 aliphatic rings. The summed E-state index contributed by atoms with van der Waals surface area (Å²) in [4.78, 5) is 1.96. The van der Waals surface area contributed by atoms with Crippen LogP contribution in [0.4, 0.5) is 0 Å². The summed E-state index contributed by atoms with van der Waals surface area (Å²) >= 11 is 0. The van der Waals surface area contributed by atoms with E-state index < -0.39 is 0 Å². The van der Waals surface area contributed by atoms with Gasteiger partial charge in [0.1, 0.15) is 6.23 Å². The standard InChI is InChI=1S/C6H12NO/c1-7-5-3-2-4-6(7)8/h2,6,8H,3-5H2,1H3. The fraction of sp³-hybridized carbons (Fsp3) is 0.833. The van der Waals surface area contributed by atoms with Crippen LogP contribution < -0.4 is 0 Å². The summed E-state index contributed by atoms with van der Waals surface area (Å²) in [5.74, 6) is 0. The van der Waals surface area contributed by atoms with Gasteiger partial charge in [-0.3, -0.25) is 4.90 Å². The van der Waals surface area contributed by atoms with Crippen molar-refractivity contribution < 1.29 is 5.11 Å². The molecule has 1 atom stereocenters. The first-order valence-electron chi connectivity index (χ1n) is 3.00. The number of likely N-dealkylation sites (tertiary alicyclic amines) is 1. The van der Waals surface area contributed by atoms with E-state index in [1.807, 2.05) is 11.9 Å². The summed E-state index contributed by atoms with van der Waals surface area (Å²) < 4.78 is 0. The number of aliphatic hydroxyl groups excluding tert-OH is 1. The van der Waals surface area contributed by atoms with Crippen molar-refractivity contribution in [3.8, 4) is 0 Å². The normalized spacial score (nSPS) is 33.0. The van der Waals surface area contributed by atoms with Crippen molar-refractivity contribution in [1.29, 1.82) is 0 Å². The van der Waals surface area contributed by atoms with Crippen molar-refractivity contribution in [2.75, 3.05) is 13.6 Å². The van der Waals surface area contributed by atoms with E-state index in [-0.39, 0.29) is 6.23 Å². The van der Waals surface area contributed by atoms with Crippen LogP contribution in [-0.2, 0) is 0 Å². The molecule has 0 aromatic heterocycles. The summed E-state index contributed by atoms with van der Waals surface area (Å²) in [5, 5.41) is 9.07. The van der Waals surface area contributed by atoms with Crippen molar-refractivity contribution in [3.63, 3.8) is 0 Å². The van der Waals surface area contributed by atoms with Gasteiger partial charge in [-0.25, -0.2) is 0 Å². The number of hydrogen-bond acceptors (Lipinski definition) is 2. The third kappa shape index (κ3) is 1.20. The first-order valence-corrected chi connectivity index (χ1v) is 3.00. The molecule has 1 radical (unpaired) electrons. The highest BCUT2D eigenvalue weighted by atomic mass is 16.3. The molecular weight excluding hydrogens is 102 g/mol. The molecule has 0 aromatic rings. The number of hydrogen-bond donors (Lipinski definition) is 1. The Hall–Kier alpha value is -0.0800. The Balaban J connectivity index is 2.28. The van der Waals surface area contributed by atoms with Crippen molar-refractivity contribution >= 4 is 0 Å². The van der Waals surface area contributed by atoms with Gasteiger partial charge >= 0.3 is 0 Å². The van der Waals surface area contributed by atoms with Crippen LogP contribution in [0.3, 0.4) is 0 Å². The monoisotopic (exact) mass is 114 g/mol. The van der Waals surface area contributed by atoms with E-state index in [4.69, 9.17) is 5.11 Å². The van der Waals surface area contributed by atoms with Crippen LogP contribution in [-0.4, -0.2) is 29.8 Å². The molecule has 1 saturated heterocycles. The van der Waals surface area contributed by atoms with Gasteiger partial charge in [0.15, 0.2) is 0 Å². The molecule has 2 nitrogen and oxygen atoms in total. The van der Waals surface area contributed by atoms with E-state index in [0.29, 0.717) is 0 Å². The maximum atomic E-state index is 9.07. The molecule has 0 bridgehead atoms. The minimum atomic E-state index is -0.219. The predicted molar refractivity (Wildman–Crippen MR) is 32.2 cm³/mol. The van der Waals surface area contributed by atoms with Crippen LogP contribution in [0.5, 0.6) is 0 Å². The first-order chi connectivity index (χ1) is 3.80. The Morgan fingerprint density at radius 3 is 2.88 bits per heavy atom. The summed E-state index contributed by atoms with van der Waals surface area (Å²) in [5.41, 5.74) is 0. The number of nitrogens with zero attached hydrogens (tertiary/aromatic N) is 1. The van der Waals surface area contributed by atoms with Crippen molar-refractivity contribution in [2.45, 2.75) is 19.1 Å². The van der Waals surface area contributed by atoms with Crippen LogP contribution >= 0.6 is 0 Å². The van der Waals surface area contributed by atoms with Gasteiger partial charge in [0.2, 0.25) is 0 Å². The molecule has 0 aliphatic carbocycles. The van der Waals surface area contributed by atoms with Crippen molar-refractivity contribution in [3.05, 3.63) is 6.42 Å². The van der Waals surface area contributed by atoms with E-state index in [9.17, 15) is 0 Å². The lowest BCUT2D eigenvalue weighted by Gasteiger charge is -2.27. The molecule has 1 N–H and O–H groups in total. The Labute approximate surface area is 50.1 Å². The Kier molecular flexibility index (Phi) is 1.86. The minimum Gasteiger partial charge on any atom is -0.378 e. The molecule has 8 heavy (non-hydrogen) atoms. The molecule has 0 aromatic carbocycles. The molecule has 0 amide bonds. The van der Waals surface area contributed by atoms with Gasteiger partial charge in [-0.05, 0) is 26.3 Å². The van der Waals surface area contributed by atoms with E-state index in [1.165, 1.54) is 0 Å². The maximum Gasteiger partial charge on any atom is 0.107 e. The average molecular weight is 114 g/mol. The number of piperidine rings is 1. The van der Waals surface area contributed by atoms with Gasteiger partial charge in [-0.1, -0.05) is 0 Å². The molecule has 0 spiro atoms. The van der Waals surface area contributed by atoms with Gasteiger partial charge in [0.25, 0.3) is 0 Å². The van der Waals surface area contributed by atoms with E-state index in [2.05, 4.69) is 6.42 Å². The SMILES string of the molecule is CN1CC[CH]CC1O. The Morgan fingerprint density at radius 2 is 2.50 bits per heavy atom. The molecule has 1 unspecified atom stereocenters. The summed E-state index contributed by atoms with van der Waals surface area (Å²) in [6, 6.07) is 0. The second kappa shape index (κ2) is 2.46. The highest BCUT2D eigenvalue weighted by Gasteiger charge is 2.14. The second-order valence-corrected chi connectivity index (χ2v) is 2.27. The molecule has 47 valence electrons. The molecule has 1 aliphatic heterocycles. The highest BCUT2D eigenvalue weighted by Crippen LogP contribution is 2.10. The zero-order valence-corrected chi connectivity index (χ0v) is 5.17. The van der Waals surface area contributed by atoms with Crippen LogP contribution in [0, 0.1) is 6.42 Å². The van der Waals surface area contributed by atoms with E-state index in [0.717, 1.165) is 19.4 Å². The fourth-order valence-corrected chi connectivity index (χ4v) is 0.891. The molecule has 0 saturated carbocycles. The van der Waals surface area contributed by atoms with Gasteiger partial charge in [0.05, 0.1) is 0 Å². The third-order valence-corrected chi connectivity index (χ3v) is 1.57.